The number of thioether (sulfide) groups is 1. The predicted molar refractivity (Wildman–Crippen MR) is 99.2 cm³/mol. The molecule has 2 fully saturated rings. The normalized spacial score (nSPS) is 34.5. The predicted octanol–water partition coefficient (Wildman–Crippen LogP) is 0.901. The van der Waals surface area contributed by atoms with Crippen LogP contribution in [-0.2, 0) is 14.3 Å². The maximum absolute atomic E-state index is 13.1. The van der Waals surface area contributed by atoms with Gasteiger partial charge < -0.3 is 20.3 Å². The Balaban J connectivity index is 1.71. The van der Waals surface area contributed by atoms with E-state index in [-0.39, 0.29) is 23.2 Å². The number of carbonyl (C=O) groups is 3. The van der Waals surface area contributed by atoms with Gasteiger partial charge >= 0.3 is 6.09 Å². The number of alkyl carbamates (subject to hydrolysis) is 1. The van der Waals surface area contributed by atoms with Crippen molar-refractivity contribution in [2.24, 2.45) is 4.99 Å². The highest BCUT2D eigenvalue weighted by Crippen LogP contribution is 2.26. The van der Waals surface area contributed by atoms with Crippen LogP contribution in [-0.4, -0.2) is 70.4 Å². The SMILES string of the molecule is CC1OC(=O)NC1C(=O)N[C@@H](CC1N=CSC1C)C(=O)N1CCCC1C. The topological polar surface area (TPSA) is 100 Å². The van der Waals surface area contributed by atoms with Crippen molar-refractivity contribution >= 4 is 35.2 Å². The van der Waals surface area contributed by atoms with Crippen molar-refractivity contribution in [2.75, 3.05) is 6.54 Å². The van der Waals surface area contributed by atoms with Crippen LogP contribution in [0.25, 0.3) is 0 Å². The Labute approximate surface area is 157 Å². The molecule has 0 saturated carbocycles. The van der Waals surface area contributed by atoms with E-state index in [0.717, 1.165) is 12.8 Å². The average molecular weight is 382 g/mol. The van der Waals surface area contributed by atoms with Gasteiger partial charge in [-0.3, -0.25) is 14.6 Å². The maximum atomic E-state index is 13.1. The summed E-state index contributed by atoms with van der Waals surface area (Å²) in [6, 6.07) is -1.28. The number of hydrogen-bond donors (Lipinski definition) is 2. The van der Waals surface area contributed by atoms with Crippen LogP contribution in [0.1, 0.15) is 40.0 Å². The third-order valence-corrected chi connectivity index (χ3v) is 6.30. The molecule has 2 saturated heterocycles. The summed E-state index contributed by atoms with van der Waals surface area (Å²) in [5, 5.41) is 5.61. The minimum atomic E-state index is -0.785. The van der Waals surface area contributed by atoms with Crippen LogP contribution in [0.2, 0.25) is 0 Å². The molecule has 0 aromatic rings. The molecule has 0 spiro atoms. The number of likely N-dealkylation sites (tertiary alicyclic amines) is 1. The van der Waals surface area contributed by atoms with Crippen molar-refractivity contribution < 1.29 is 19.1 Å². The maximum Gasteiger partial charge on any atom is 0.408 e. The zero-order chi connectivity index (χ0) is 18.8. The Morgan fingerprint density at radius 3 is 2.77 bits per heavy atom. The number of rotatable bonds is 5. The van der Waals surface area contributed by atoms with Gasteiger partial charge in [-0.2, -0.15) is 0 Å². The van der Waals surface area contributed by atoms with E-state index in [0.29, 0.717) is 13.0 Å². The number of hydrogen-bond acceptors (Lipinski definition) is 6. The molecule has 0 radical (unpaired) electrons. The molecule has 9 heteroatoms. The first kappa shape index (κ1) is 19.0. The average Bonchev–Trinajstić information content (AvgIpc) is 3.27. The molecule has 0 aliphatic carbocycles. The Morgan fingerprint density at radius 2 is 2.23 bits per heavy atom. The van der Waals surface area contributed by atoms with Gasteiger partial charge in [-0.05, 0) is 26.7 Å². The monoisotopic (exact) mass is 382 g/mol. The number of ether oxygens (including phenoxy) is 1. The molecule has 2 N–H and O–H groups in total. The van der Waals surface area contributed by atoms with E-state index in [1.165, 1.54) is 0 Å². The molecule has 0 bridgehead atoms. The number of nitrogens with zero attached hydrogens (tertiary/aromatic N) is 2. The summed E-state index contributed by atoms with van der Waals surface area (Å²) >= 11 is 1.63. The van der Waals surface area contributed by atoms with E-state index >= 15 is 0 Å². The fraction of sp³-hybridized carbons (Fsp3) is 0.765. The quantitative estimate of drug-likeness (QED) is 0.736. The molecule has 26 heavy (non-hydrogen) atoms. The summed E-state index contributed by atoms with van der Waals surface area (Å²) in [7, 11) is 0. The first-order chi connectivity index (χ1) is 12.4. The lowest BCUT2D eigenvalue weighted by Gasteiger charge is -2.30. The molecule has 3 amide bonds. The van der Waals surface area contributed by atoms with Crippen molar-refractivity contribution in [1.29, 1.82) is 0 Å². The van der Waals surface area contributed by atoms with Gasteiger partial charge in [-0.15, -0.1) is 11.8 Å². The van der Waals surface area contributed by atoms with Crippen molar-refractivity contribution in [1.82, 2.24) is 15.5 Å². The fourth-order valence-electron chi connectivity index (χ4n) is 3.65. The fourth-order valence-corrected chi connectivity index (χ4v) is 4.43. The summed E-state index contributed by atoms with van der Waals surface area (Å²) in [6.45, 7) is 6.46. The van der Waals surface area contributed by atoms with Gasteiger partial charge in [0.25, 0.3) is 0 Å². The van der Waals surface area contributed by atoms with Crippen LogP contribution in [0.4, 0.5) is 4.79 Å². The molecule has 3 aliphatic rings. The highest BCUT2D eigenvalue weighted by Gasteiger charge is 2.40. The summed E-state index contributed by atoms with van der Waals surface area (Å²) in [4.78, 5) is 43.4. The molecular formula is C17H26N4O4S. The number of nitrogens with one attached hydrogen (secondary N) is 2. The van der Waals surface area contributed by atoms with Crippen LogP contribution < -0.4 is 10.6 Å². The van der Waals surface area contributed by atoms with Crippen LogP contribution >= 0.6 is 11.8 Å². The van der Waals surface area contributed by atoms with E-state index in [9.17, 15) is 14.4 Å². The number of carbonyl (C=O) groups excluding carboxylic acids is 3. The number of cyclic esters (lactones) is 1. The van der Waals surface area contributed by atoms with E-state index in [4.69, 9.17) is 4.74 Å². The Morgan fingerprint density at radius 1 is 1.46 bits per heavy atom. The van der Waals surface area contributed by atoms with Crippen LogP contribution in [0.15, 0.2) is 4.99 Å². The lowest BCUT2D eigenvalue weighted by Crippen LogP contribution is -2.55. The van der Waals surface area contributed by atoms with Gasteiger partial charge in [-0.25, -0.2) is 4.79 Å². The molecular weight excluding hydrogens is 356 g/mol. The number of aliphatic imine (C=N–C) groups is 1. The van der Waals surface area contributed by atoms with Gasteiger partial charge in [-0.1, -0.05) is 6.92 Å². The zero-order valence-corrected chi connectivity index (χ0v) is 16.1. The molecule has 0 aromatic heterocycles. The standard InChI is InChI=1S/C17H26N4O4S/c1-9-5-4-6-21(9)16(23)13(7-12-11(3)26-8-18-12)19-15(22)14-10(2)25-17(24)20-14/h8-14H,4-7H2,1-3H3,(H,19,22)(H,20,24)/t9?,10?,11?,12?,13-,14?/m0/s1. The highest BCUT2D eigenvalue weighted by atomic mass is 32.2. The molecule has 3 heterocycles. The second-order valence-electron chi connectivity index (χ2n) is 7.22. The van der Waals surface area contributed by atoms with Gasteiger partial charge in [0.15, 0.2) is 0 Å². The van der Waals surface area contributed by atoms with Crippen LogP contribution in [0, 0.1) is 0 Å². The first-order valence-corrected chi connectivity index (χ1v) is 10.1. The molecule has 5 unspecified atom stereocenters. The molecule has 144 valence electrons. The summed E-state index contributed by atoms with van der Waals surface area (Å²) in [5.74, 6) is -0.462. The van der Waals surface area contributed by atoms with E-state index in [1.807, 2.05) is 17.4 Å². The third kappa shape index (κ3) is 3.97. The summed E-state index contributed by atoms with van der Waals surface area (Å²) in [6.07, 6.45) is 1.23. The summed E-state index contributed by atoms with van der Waals surface area (Å²) in [5.41, 5.74) is 1.81. The second-order valence-corrected chi connectivity index (χ2v) is 8.44. The Hall–Kier alpha value is -1.77. The zero-order valence-electron chi connectivity index (χ0n) is 15.3. The van der Waals surface area contributed by atoms with Gasteiger partial charge in [0.05, 0.1) is 11.6 Å². The van der Waals surface area contributed by atoms with E-state index < -0.39 is 30.2 Å². The van der Waals surface area contributed by atoms with Crippen LogP contribution in [0.5, 0.6) is 0 Å². The van der Waals surface area contributed by atoms with Crippen molar-refractivity contribution in [3.63, 3.8) is 0 Å². The minimum absolute atomic E-state index is 0.0148. The van der Waals surface area contributed by atoms with Gasteiger partial charge in [0.2, 0.25) is 11.8 Å². The van der Waals surface area contributed by atoms with Crippen molar-refractivity contribution in [2.45, 2.75) is 75.6 Å². The molecule has 6 atom stereocenters. The molecule has 3 aliphatic heterocycles. The largest absolute Gasteiger partial charge is 0.444 e. The van der Waals surface area contributed by atoms with Crippen molar-refractivity contribution in [3.8, 4) is 0 Å². The van der Waals surface area contributed by atoms with Crippen LogP contribution in [0.3, 0.4) is 0 Å². The first-order valence-electron chi connectivity index (χ1n) is 9.12. The summed E-state index contributed by atoms with van der Waals surface area (Å²) < 4.78 is 4.97. The smallest absolute Gasteiger partial charge is 0.408 e. The Kier molecular flexibility index (Phi) is 5.74. The lowest BCUT2D eigenvalue weighted by molar-refractivity contribution is -0.137. The third-order valence-electron chi connectivity index (χ3n) is 5.32. The highest BCUT2D eigenvalue weighted by molar-refractivity contribution is 8.12. The van der Waals surface area contributed by atoms with Gasteiger partial charge in [0.1, 0.15) is 18.2 Å². The van der Waals surface area contributed by atoms with E-state index in [2.05, 4.69) is 22.5 Å². The van der Waals surface area contributed by atoms with Gasteiger partial charge in [0, 0.05) is 24.3 Å². The Bertz CT molecular complexity index is 614. The molecule has 3 rings (SSSR count). The molecule has 8 nitrogen and oxygen atoms in total. The minimum Gasteiger partial charge on any atom is -0.444 e. The lowest BCUT2D eigenvalue weighted by atomic mass is 10.0. The molecule has 0 aromatic carbocycles. The second kappa shape index (κ2) is 7.85. The van der Waals surface area contributed by atoms with Crippen molar-refractivity contribution in [3.05, 3.63) is 0 Å². The van der Waals surface area contributed by atoms with E-state index in [1.54, 1.807) is 18.7 Å². The number of amides is 3.